The molecule has 1 fully saturated rings. The Bertz CT molecular complexity index is 712. The normalized spacial score (nSPS) is 19.6. The SMILES string of the molecule is Cc1cc(CC(=O)N2C[C@@H](COc3ccccc3)OC(C)(C)C2)n[nH]1. The number of amides is 1. The minimum atomic E-state index is -0.403. The van der Waals surface area contributed by atoms with Crippen LogP contribution in [0.5, 0.6) is 5.75 Å². The number of aromatic nitrogens is 2. The van der Waals surface area contributed by atoms with Crippen molar-refractivity contribution < 1.29 is 14.3 Å². The molecule has 0 saturated carbocycles. The molecule has 1 aromatic heterocycles. The number of ether oxygens (including phenoxy) is 2. The van der Waals surface area contributed by atoms with Gasteiger partial charge in [-0.1, -0.05) is 18.2 Å². The number of hydrogen-bond acceptors (Lipinski definition) is 4. The van der Waals surface area contributed by atoms with Crippen LogP contribution in [0, 0.1) is 6.92 Å². The lowest BCUT2D eigenvalue weighted by atomic mass is 10.0. The predicted molar refractivity (Wildman–Crippen MR) is 94.5 cm³/mol. The predicted octanol–water partition coefficient (Wildman–Crippen LogP) is 2.35. The van der Waals surface area contributed by atoms with Crippen LogP contribution in [0.15, 0.2) is 36.4 Å². The Kier molecular flexibility index (Phi) is 5.08. The first-order chi connectivity index (χ1) is 11.9. The van der Waals surface area contributed by atoms with Gasteiger partial charge < -0.3 is 14.4 Å². The number of aryl methyl sites for hydroxylation is 1. The fraction of sp³-hybridized carbons (Fsp3) is 0.474. The van der Waals surface area contributed by atoms with Gasteiger partial charge in [0.25, 0.3) is 0 Å². The topological polar surface area (TPSA) is 67.5 Å². The molecule has 0 unspecified atom stereocenters. The Hall–Kier alpha value is -2.34. The maximum atomic E-state index is 12.7. The summed E-state index contributed by atoms with van der Waals surface area (Å²) in [4.78, 5) is 14.5. The van der Waals surface area contributed by atoms with Crippen LogP contribution in [0.25, 0.3) is 0 Å². The van der Waals surface area contributed by atoms with Crippen LogP contribution >= 0.6 is 0 Å². The van der Waals surface area contributed by atoms with Crippen molar-refractivity contribution in [3.8, 4) is 5.75 Å². The molecule has 134 valence electrons. The van der Waals surface area contributed by atoms with Crippen molar-refractivity contribution in [3.05, 3.63) is 47.8 Å². The largest absolute Gasteiger partial charge is 0.491 e. The highest BCUT2D eigenvalue weighted by Crippen LogP contribution is 2.22. The number of carbonyl (C=O) groups excluding carboxylic acids is 1. The molecule has 6 heteroatoms. The number of para-hydroxylation sites is 1. The number of aromatic amines is 1. The van der Waals surface area contributed by atoms with Crippen molar-refractivity contribution in [2.75, 3.05) is 19.7 Å². The molecule has 1 atom stereocenters. The summed E-state index contributed by atoms with van der Waals surface area (Å²) in [6.45, 7) is 7.44. The van der Waals surface area contributed by atoms with Crippen molar-refractivity contribution in [2.24, 2.45) is 0 Å². The summed E-state index contributed by atoms with van der Waals surface area (Å²) in [6.07, 6.45) is 0.140. The van der Waals surface area contributed by atoms with Gasteiger partial charge >= 0.3 is 0 Å². The van der Waals surface area contributed by atoms with E-state index >= 15 is 0 Å². The Morgan fingerprint density at radius 1 is 1.40 bits per heavy atom. The van der Waals surface area contributed by atoms with E-state index in [1.54, 1.807) is 0 Å². The zero-order chi connectivity index (χ0) is 17.9. The molecule has 0 bridgehead atoms. The Balaban J connectivity index is 1.60. The van der Waals surface area contributed by atoms with E-state index in [0.29, 0.717) is 26.1 Å². The number of benzene rings is 1. The minimum Gasteiger partial charge on any atom is -0.491 e. The second kappa shape index (κ2) is 7.27. The van der Waals surface area contributed by atoms with Crippen LogP contribution in [0.2, 0.25) is 0 Å². The second-order valence-electron chi connectivity index (χ2n) is 7.12. The fourth-order valence-electron chi connectivity index (χ4n) is 3.11. The van der Waals surface area contributed by atoms with E-state index in [1.165, 1.54) is 0 Å². The average molecular weight is 343 g/mol. The Morgan fingerprint density at radius 3 is 2.84 bits per heavy atom. The van der Waals surface area contributed by atoms with Crippen molar-refractivity contribution in [3.63, 3.8) is 0 Å². The third kappa shape index (κ3) is 4.82. The molecule has 0 spiro atoms. The number of carbonyl (C=O) groups is 1. The molecule has 0 radical (unpaired) electrons. The fourth-order valence-corrected chi connectivity index (χ4v) is 3.11. The van der Waals surface area contributed by atoms with Gasteiger partial charge in [0.15, 0.2) is 0 Å². The summed E-state index contributed by atoms with van der Waals surface area (Å²) in [5.41, 5.74) is 1.32. The maximum Gasteiger partial charge on any atom is 0.228 e. The first kappa shape index (κ1) is 17.5. The molecule has 0 aliphatic carbocycles. The molecule has 2 heterocycles. The van der Waals surface area contributed by atoms with Gasteiger partial charge in [-0.15, -0.1) is 0 Å². The van der Waals surface area contributed by atoms with Crippen LogP contribution in [0.3, 0.4) is 0 Å². The number of morpholine rings is 1. The van der Waals surface area contributed by atoms with Crippen molar-refractivity contribution >= 4 is 5.91 Å². The highest BCUT2D eigenvalue weighted by Gasteiger charge is 2.36. The number of nitrogens with one attached hydrogen (secondary N) is 1. The molecule has 1 amide bonds. The van der Waals surface area contributed by atoms with Crippen LogP contribution in [0.1, 0.15) is 25.2 Å². The summed E-state index contributed by atoms with van der Waals surface area (Å²) in [5, 5.41) is 7.03. The summed E-state index contributed by atoms with van der Waals surface area (Å²) in [5.74, 6) is 0.868. The molecule has 1 aliphatic heterocycles. The number of rotatable bonds is 5. The average Bonchev–Trinajstić information content (AvgIpc) is 2.97. The van der Waals surface area contributed by atoms with Crippen molar-refractivity contribution in [2.45, 2.75) is 38.9 Å². The number of hydrogen-bond donors (Lipinski definition) is 1. The summed E-state index contributed by atoms with van der Waals surface area (Å²) in [7, 11) is 0. The van der Waals surface area contributed by atoms with Gasteiger partial charge in [0, 0.05) is 12.2 Å². The third-order valence-corrected chi connectivity index (χ3v) is 4.10. The Morgan fingerprint density at radius 2 is 2.16 bits per heavy atom. The number of nitrogens with zero attached hydrogens (tertiary/aromatic N) is 2. The van der Waals surface area contributed by atoms with Gasteiger partial charge in [-0.3, -0.25) is 9.89 Å². The lowest BCUT2D eigenvalue weighted by Crippen LogP contribution is -2.56. The van der Waals surface area contributed by atoms with Gasteiger partial charge in [0.05, 0.1) is 24.3 Å². The molecule has 1 N–H and O–H groups in total. The van der Waals surface area contributed by atoms with E-state index in [1.807, 2.05) is 62.1 Å². The standard InChI is InChI=1S/C19H25N3O3/c1-14-9-15(21-20-14)10-18(23)22-11-17(25-19(2,3)13-22)12-24-16-7-5-4-6-8-16/h4-9,17H,10-13H2,1-3H3,(H,20,21)/t17-/m0/s1. The molecule has 1 saturated heterocycles. The van der Waals surface area contributed by atoms with E-state index in [4.69, 9.17) is 9.47 Å². The van der Waals surface area contributed by atoms with E-state index in [-0.39, 0.29) is 12.0 Å². The van der Waals surface area contributed by atoms with Crippen molar-refractivity contribution in [1.29, 1.82) is 0 Å². The third-order valence-electron chi connectivity index (χ3n) is 4.10. The smallest absolute Gasteiger partial charge is 0.228 e. The summed E-state index contributed by atoms with van der Waals surface area (Å²) in [6, 6.07) is 11.5. The van der Waals surface area contributed by atoms with Crippen LogP contribution in [0.4, 0.5) is 0 Å². The van der Waals surface area contributed by atoms with Crippen LogP contribution in [-0.4, -0.2) is 52.4 Å². The first-order valence-electron chi connectivity index (χ1n) is 8.56. The number of H-pyrrole nitrogens is 1. The van der Waals surface area contributed by atoms with Gasteiger partial charge in [-0.2, -0.15) is 5.10 Å². The van der Waals surface area contributed by atoms with E-state index in [0.717, 1.165) is 17.1 Å². The molecule has 1 aliphatic rings. The Labute approximate surface area is 148 Å². The molecular weight excluding hydrogens is 318 g/mol. The van der Waals surface area contributed by atoms with Gasteiger partial charge in [-0.05, 0) is 39.0 Å². The lowest BCUT2D eigenvalue weighted by molar-refractivity contribution is -0.165. The quantitative estimate of drug-likeness (QED) is 0.905. The van der Waals surface area contributed by atoms with Gasteiger partial charge in [-0.25, -0.2) is 0 Å². The maximum absolute atomic E-state index is 12.7. The molecule has 2 aromatic rings. The molecule has 6 nitrogen and oxygen atoms in total. The highest BCUT2D eigenvalue weighted by atomic mass is 16.5. The lowest BCUT2D eigenvalue weighted by Gasteiger charge is -2.42. The van der Waals surface area contributed by atoms with Gasteiger partial charge in [0.1, 0.15) is 18.5 Å². The van der Waals surface area contributed by atoms with Crippen molar-refractivity contribution in [1.82, 2.24) is 15.1 Å². The molecule has 1 aromatic carbocycles. The zero-order valence-electron chi connectivity index (χ0n) is 15.0. The van der Waals surface area contributed by atoms with E-state index < -0.39 is 5.60 Å². The minimum absolute atomic E-state index is 0.0626. The monoisotopic (exact) mass is 343 g/mol. The van der Waals surface area contributed by atoms with Gasteiger partial charge in [0.2, 0.25) is 5.91 Å². The van der Waals surface area contributed by atoms with Crippen LogP contribution < -0.4 is 4.74 Å². The van der Waals surface area contributed by atoms with E-state index in [2.05, 4.69) is 10.2 Å². The summed E-state index contributed by atoms with van der Waals surface area (Å²) < 4.78 is 11.9. The molecule has 3 rings (SSSR count). The van der Waals surface area contributed by atoms with E-state index in [9.17, 15) is 4.79 Å². The highest BCUT2D eigenvalue weighted by molar-refractivity contribution is 5.78. The molecular formula is C19H25N3O3. The summed E-state index contributed by atoms with van der Waals surface area (Å²) >= 11 is 0. The first-order valence-corrected chi connectivity index (χ1v) is 8.56. The van der Waals surface area contributed by atoms with Crippen LogP contribution in [-0.2, 0) is 16.0 Å². The second-order valence-corrected chi connectivity index (χ2v) is 7.12. The zero-order valence-corrected chi connectivity index (χ0v) is 15.0. The molecule has 25 heavy (non-hydrogen) atoms.